The van der Waals surface area contributed by atoms with Gasteiger partial charge in [-0.25, -0.2) is 0 Å². The van der Waals surface area contributed by atoms with E-state index in [1.165, 1.54) is 48.8 Å². The van der Waals surface area contributed by atoms with Crippen LogP contribution in [0.15, 0.2) is 54.6 Å². The SMILES string of the molecule is BrCCCCCCc1ccccc1Cc1ccccc1. The normalized spacial score (nSPS) is 10.7. The third-order valence-corrected chi connectivity index (χ3v) is 4.25. The summed E-state index contributed by atoms with van der Waals surface area (Å²) in [6, 6.07) is 19.7. The molecule has 0 aliphatic heterocycles. The number of rotatable bonds is 8. The van der Waals surface area contributed by atoms with Gasteiger partial charge in [0.15, 0.2) is 0 Å². The average molecular weight is 331 g/mol. The summed E-state index contributed by atoms with van der Waals surface area (Å²) in [4.78, 5) is 0. The van der Waals surface area contributed by atoms with E-state index in [4.69, 9.17) is 0 Å². The second-order valence-electron chi connectivity index (χ2n) is 5.28. The first-order chi connectivity index (χ1) is 9.90. The van der Waals surface area contributed by atoms with E-state index in [-0.39, 0.29) is 0 Å². The molecule has 0 aliphatic carbocycles. The summed E-state index contributed by atoms with van der Waals surface area (Å²) < 4.78 is 0. The number of aryl methyl sites for hydroxylation is 1. The van der Waals surface area contributed by atoms with Crippen molar-refractivity contribution in [2.45, 2.75) is 38.5 Å². The summed E-state index contributed by atoms with van der Waals surface area (Å²) >= 11 is 3.50. The largest absolute Gasteiger partial charge is 0.0928 e. The molecular formula is C19H23Br. The Morgan fingerprint density at radius 1 is 0.650 bits per heavy atom. The predicted molar refractivity (Wildman–Crippen MR) is 91.7 cm³/mol. The van der Waals surface area contributed by atoms with Gasteiger partial charge >= 0.3 is 0 Å². The molecule has 0 aliphatic rings. The second kappa shape index (κ2) is 8.97. The van der Waals surface area contributed by atoms with Crippen LogP contribution in [0.5, 0.6) is 0 Å². The average Bonchev–Trinajstić information content (AvgIpc) is 2.50. The molecule has 0 unspecified atom stereocenters. The van der Waals surface area contributed by atoms with Crippen molar-refractivity contribution in [2.24, 2.45) is 0 Å². The van der Waals surface area contributed by atoms with Crippen LogP contribution in [0.1, 0.15) is 42.4 Å². The maximum atomic E-state index is 3.50. The number of hydrogen-bond donors (Lipinski definition) is 0. The number of benzene rings is 2. The second-order valence-corrected chi connectivity index (χ2v) is 6.08. The molecule has 0 saturated heterocycles. The summed E-state index contributed by atoms with van der Waals surface area (Å²) in [5.41, 5.74) is 4.41. The van der Waals surface area contributed by atoms with Crippen molar-refractivity contribution in [3.8, 4) is 0 Å². The smallest absolute Gasteiger partial charge is 0.00313 e. The lowest BCUT2D eigenvalue weighted by atomic mass is 9.96. The van der Waals surface area contributed by atoms with E-state index in [9.17, 15) is 0 Å². The lowest BCUT2D eigenvalue weighted by molar-refractivity contribution is 0.669. The summed E-state index contributed by atoms with van der Waals surface area (Å²) in [6.45, 7) is 0. The molecule has 0 N–H and O–H groups in total. The first-order valence-electron chi connectivity index (χ1n) is 7.57. The standard InChI is InChI=1S/C19H23Br/c20-15-9-2-1-6-12-18-13-7-8-14-19(18)16-17-10-4-3-5-11-17/h3-5,7-8,10-11,13-14H,1-2,6,9,12,15-16H2. The fraction of sp³-hybridized carbons (Fsp3) is 0.368. The summed E-state index contributed by atoms with van der Waals surface area (Å²) in [7, 11) is 0. The highest BCUT2D eigenvalue weighted by Gasteiger charge is 2.03. The topological polar surface area (TPSA) is 0 Å². The molecule has 2 aromatic rings. The van der Waals surface area contributed by atoms with Crippen LogP contribution in [0, 0.1) is 0 Å². The van der Waals surface area contributed by atoms with E-state index < -0.39 is 0 Å². The Hall–Kier alpha value is -1.08. The van der Waals surface area contributed by atoms with Crippen LogP contribution in [0.2, 0.25) is 0 Å². The summed E-state index contributed by atoms with van der Waals surface area (Å²) in [5, 5.41) is 1.14. The van der Waals surface area contributed by atoms with Gasteiger partial charge < -0.3 is 0 Å². The number of halogens is 1. The molecule has 1 heteroatoms. The highest BCUT2D eigenvalue weighted by atomic mass is 79.9. The molecule has 2 aromatic carbocycles. The fourth-order valence-electron chi connectivity index (χ4n) is 2.55. The van der Waals surface area contributed by atoms with Crippen molar-refractivity contribution in [1.82, 2.24) is 0 Å². The quantitative estimate of drug-likeness (QED) is 0.425. The minimum Gasteiger partial charge on any atom is -0.0928 e. The molecule has 0 heterocycles. The molecule has 106 valence electrons. The van der Waals surface area contributed by atoms with Gasteiger partial charge in [0.25, 0.3) is 0 Å². The van der Waals surface area contributed by atoms with Crippen LogP contribution in [0.4, 0.5) is 0 Å². The van der Waals surface area contributed by atoms with Gasteiger partial charge in [-0.2, -0.15) is 0 Å². The minimum absolute atomic E-state index is 1.05. The molecule has 0 spiro atoms. The Labute approximate surface area is 131 Å². The zero-order chi connectivity index (χ0) is 14.0. The monoisotopic (exact) mass is 330 g/mol. The molecule has 0 bridgehead atoms. The lowest BCUT2D eigenvalue weighted by Gasteiger charge is -2.09. The molecule has 0 amide bonds. The van der Waals surface area contributed by atoms with Gasteiger partial charge in [0, 0.05) is 5.33 Å². The van der Waals surface area contributed by atoms with E-state index in [0.717, 1.165) is 11.8 Å². The Morgan fingerprint density at radius 2 is 1.30 bits per heavy atom. The highest BCUT2D eigenvalue weighted by molar-refractivity contribution is 9.09. The summed E-state index contributed by atoms with van der Waals surface area (Å²) in [6.07, 6.45) is 7.55. The lowest BCUT2D eigenvalue weighted by Crippen LogP contribution is -1.96. The van der Waals surface area contributed by atoms with Crippen LogP contribution in [-0.4, -0.2) is 5.33 Å². The zero-order valence-electron chi connectivity index (χ0n) is 12.0. The van der Waals surface area contributed by atoms with Crippen LogP contribution in [0.25, 0.3) is 0 Å². The van der Waals surface area contributed by atoms with E-state index in [1.807, 2.05) is 0 Å². The molecule has 0 fully saturated rings. The number of unbranched alkanes of at least 4 members (excludes halogenated alkanes) is 3. The van der Waals surface area contributed by atoms with Gasteiger partial charge in [-0.05, 0) is 42.4 Å². The third kappa shape index (κ3) is 5.13. The highest BCUT2D eigenvalue weighted by Crippen LogP contribution is 2.17. The molecular weight excluding hydrogens is 308 g/mol. The Balaban J connectivity index is 1.92. The van der Waals surface area contributed by atoms with Gasteiger partial charge in [-0.3, -0.25) is 0 Å². The number of alkyl halides is 1. The molecule has 0 saturated carbocycles. The van der Waals surface area contributed by atoms with Crippen molar-refractivity contribution in [3.05, 3.63) is 71.3 Å². The van der Waals surface area contributed by atoms with Gasteiger partial charge in [0.1, 0.15) is 0 Å². The van der Waals surface area contributed by atoms with Crippen molar-refractivity contribution in [3.63, 3.8) is 0 Å². The van der Waals surface area contributed by atoms with Crippen LogP contribution in [-0.2, 0) is 12.8 Å². The first kappa shape index (κ1) is 15.3. The number of hydrogen-bond acceptors (Lipinski definition) is 0. The third-order valence-electron chi connectivity index (χ3n) is 3.69. The van der Waals surface area contributed by atoms with Crippen molar-refractivity contribution in [2.75, 3.05) is 5.33 Å². The van der Waals surface area contributed by atoms with E-state index >= 15 is 0 Å². The minimum atomic E-state index is 1.05. The van der Waals surface area contributed by atoms with E-state index in [1.54, 1.807) is 0 Å². The van der Waals surface area contributed by atoms with Crippen molar-refractivity contribution < 1.29 is 0 Å². The molecule has 20 heavy (non-hydrogen) atoms. The van der Waals surface area contributed by atoms with Gasteiger partial charge in [-0.15, -0.1) is 0 Å². The van der Waals surface area contributed by atoms with E-state index in [2.05, 4.69) is 70.5 Å². The molecule has 2 rings (SSSR count). The first-order valence-corrected chi connectivity index (χ1v) is 8.69. The van der Waals surface area contributed by atoms with Gasteiger partial charge in [0.05, 0.1) is 0 Å². The van der Waals surface area contributed by atoms with Crippen molar-refractivity contribution >= 4 is 15.9 Å². The van der Waals surface area contributed by atoms with E-state index in [0.29, 0.717) is 0 Å². The maximum Gasteiger partial charge on any atom is 0.00313 e. The maximum absolute atomic E-state index is 3.50. The van der Waals surface area contributed by atoms with Gasteiger partial charge in [0.2, 0.25) is 0 Å². The predicted octanol–water partition coefficient (Wildman–Crippen LogP) is 5.78. The fourth-order valence-corrected chi connectivity index (χ4v) is 2.95. The van der Waals surface area contributed by atoms with Crippen LogP contribution < -0.4 is 0 Å². The Bertz CT molecular complexity index is 490. The molecule has 0 aromatic heterocycles. The summed E-state index contributed by atoms with van der Waals surface area (Å²) in [5.74, 6) is 0. The van der Waals surface area contributed by atoms with Crippen molar-refractivity contribution in [1.29, 1.82) is 0 Å². The van der Waals surface area contributed by atoms with Crippen LogP contribution in [0.3, 0.4) is 0 Å². The Morgan fingerprint density at radius 3 is 2.05 bits per heavy atom. The van der Waals surface area contributed by atoms with Crippen LogP contribution >= 0.6 is 15.9 Å². The molecule has 0 nitrogen and oxygen atoms in total. The zero-order valence-corrected chi connectivity index (χ0v) is 13.6. The Kier molecular flexibility index (Phi) is 6.86. The molecule has 0 atom stereocenters. The molecule has 0 radical (unpaired) electrons. The van der Waals surface area contributed by atoms with Gasteiger partial charge in [-0.1, -0.05) is 83.4 Å².